The largest absolute Gasteiger partial charge is 0.491 e. The first kappa shape index (κ1) is 18.0. The summed E-state index contributed by atoms with van der Waals surface area (Å²) in [6.07, 6.45) is 2.89. The molecule has 0 aliphatic carbocycles. The van der Waals surface area contributed by atoms with Gasteiger partial charge in [-0.1, -0.05) is 39.3 Å². The first-order chi connectivity index (χ1) is 10.0. The number of rotatable bonds is 10. The lowest BCUT2D eigenvalue weighted by atomic mass is 10.0. The van der Waals surface area contributed by atoms with Crippen molar-refractivity contribution in [2.24, 2.45) is 5.92 Å². The third-order valence-electron chi connectivity index (χ3n) is 3.93. The lowest BCUT2D eigenvalue weighted by Crippen LogP contribution is -2.37. The van der Waals surface area contributed by atoms with E-state index < -0.39 is 6.10 Å². The van der Waals surface area contributed by atoms with Crippen LogP contribution in [0.4, 0.5) is 0 Å². The summed E-state index contributed by atoms with van der Waals surface area (Å²) in [5.74, 6) is 1.54. The number of aryl methyl sites for hydroxylation is 1. The van der Waals surface area contributed by atoms with Gasteiger partial charge in [-0.3, -0.25) is 0 Å². The predicted octanol–water partition coefficient (Wildman–Crippen LogP) is 3.40. The molecule has 21 heavy (non-hydrogen) atoms. The van der Waals surface area contributed by atoms with E-state index in [9.17, 15) is 5.11 Å². The Kier molecular flexibility index (Phi) is 8.40. The number of aliphatic hydroxyl groups is 1. The molecule has 3 unspecified atom stereocenters. The van der Waals surface area contributed by atoms with E-state index in [2.05, 4.69) is 45.1 Å². The van der Waals surface area contributed by atoms with Gasteiger partial charge in [-0.25, -0.2) is 0 Å². The zero-order chi connectivity index (χ0) is 15.7. The van der Waals surface area contributed by atoms with Crippen molar-refractivity contribution in [3.05, 3.63) is 29.8 Å². The van der Waals surface area contributed by atoms with Crippen LogP contribution in [0.15, 0.2) is 24.3 Å². The van der Waals surface area contributed by atoms with E-state index in [1.165, 1.54) is 12.0 Å². The molecule has 0 fully saturated rings. The SMILES string of the molecule is CCc1ccc(OCC(O)CNC(C)CC(C)CC)cc1. The van der Waals surface area contributed by atoms with Crippen LogP contribution in [0, 0.1) is 5.92 Å². The van der Waals surface area contributed by atoms with E-state index >= 15 is 0 Å². The van der Waals surface area contributed by atoms with Crippen LogP contribution in [0.1, 0.15) is 46.1 Å². The van der Waals surface area contributed by atoms with Crippen LogP contribution in [0.5, 0.6) is 5.75 Å². The molecule has 1 aromatic carbocycles. The van der Waals surface area contributed by atoms with Gasteiger partial charge in [0.1, 0.15) is 18.5 Å². The molecular formula is C18H31NO2. The molecular weight excluding hydrogens is 262 g/mol. The summed E-state index contributed by atoms with van der Waals surface area (Å²) in [6.45, 7) is 9.68. The minimum atomic E-state index is -0.477. The van der Waals surface area contributed by atoms with Crippen LogP contribution in [0.3, 0.4) is 0 Å². The van der Waals surface area contributed by atoms with Crippen molar-refractivity contribution in [1.82, 2.24) is 5.32 Å². The second-order valence-corrected chi connectivity index (χ2v) is 6.02. The van der Waals surface area contributed by atoms with Gasteiger partial charge in [-0.2, -0.15) is 0 Å². The maximum Gasteiger partial charge on any atom is 0.119 e. The van der Waals surface area contributed by atoms with E-state index in [0.29, 0.717) is 19.2 Å². The summed E-state index contributed by atoms with van der Waals surface area (Å²) < 4.78 is 5.61. The zero-order valence-corrected chi connectivity index (χ0v) is 13.9. The molecule has 2 N–H and O–H groups in total. The van der Waals surface area contributed by atoms with Gasteiger partial charge in [-0.05, 0) is 43.4 Å². The molecule has 1 aromatic rings. The van der Waals surface area contributed by atoms with Crippen molar-refractivity contribution in [3.8, 4) is 5.75 Å². The zero-order valence-electron chi connectivity index (χ0n) is 13.9. The molecule has 0 spiro atoms. The maximum atomic E-state index is 9.96. The molecule has 0 bridgehead atoms. The molecule has 0 aliphatic heterocycles. The van der Waals surface area contributed by atoms with E-state index in [-0.39, 0.29) is 0 Å². The highest BCUT2D eigenvalue weighted by atomic mass is 16.5. The first-order valence-corrected chi connectivity index (χ1v) is 8.18. The van der Waals surface area contributed by atoms with Gasteiger partial charge in [0, 0.05) is 12.6 Å². The molecule has 0 saturated heterocycles. The molecule has 3 atom stereocenters. The average molecular weight is 293 g/mol. The summed E-state index contributed by atoms with van der Waals surface area (Å²) in [6, 6.07) is 8.48. The number of aliphatic hydroxyl groups excluding tert-OH is 1. The highest BCUT2D eigenvalue weighted by Crippen LogP contribution is 2.13. The standard InChI is InChI=1S/C18H31NO2/c1-5-14(3)11-15(4)19-12-17(20)13-21-18-9-7-16(6-2)8-10-18/h7-10,14-15,17,19-20H,5-6,11-13H2,1-4H3. The summed E-state index contributed by atoms with van der Waals surface area (Å²) >= 11 is 0. The van der Waals surface area contributed by atoms with Gasteiger partial charge >= 0.3 is 0 Å². The maximum absolute atomic E-state index is 9.96. The average Bonchev–Trinajstić information content (AvgIpc) is 2.51. The molecule has 1 rings (SSSR count). The number of benzene rings is 1. The first-order valence-electron chi connectivity index (χ1n) is 8.18. The molecule has 0 saturated carbocycles. The van der Waals surface area contributed by atoms with Crippen molar-refractivity contribution >= 4 is 0 Å². The van der Waals surface area contributed by atoms with Gasteiger partial charge in [-0.15, -0.1) is 0 Å². The summed E-state index contributed by atoms with van der Waals surface area (Å²) in [5, 5.41) is 13.3. The number of nitrogens with one attached hydrogen (secondary N) is 1. The second kappa shape index (κ2) is 9.80. The Morgan fingerprint density at radius 3 is 2.38 bits per heavy atom. The smallest absolute Gasteiger partial charge is 0.119 e. The van der Waals surface area contributed by atoms with E-state index in [4.69, 9.17) is 4.74 Å². The molecule has 0 heterocycles. The van der Waals surface area contributed by atoms with Crippen molar-refractivity contribution < 1.29 is 9.84 Å². The van der Waals surface area contributed by atoms with Gasteiger partial charge in [0.2, 0.25) is 0 Å². The minimum absolute atomic E-state index is 0.328. The van der Waals surface area contributed by atoms with Gasteiger partial charge < -0.3 is 15.2 Å². The second-order valence-electron chi connectivity index (χ2n) is 6.02. The summed E-state index contributed by atoms with van der Waals surface area (Å²) in [5.41, 5.74) is 1.29. The van der Waals surface area contributed by atoms with Gasteiger partial charge in [0.25, 0.3) is 0 Å². The Labute approximate surface area is 129 Å². The van der Waals surface area contributed by atoms with Crippen molar-refractivity contribution in [1.29, 1.82) is 0 Å². The molecule has 120 valence electrons. The van der Waals surface area contributed by atoms with E-state index in [0.717, 1.165) is 24.5 Å². The Hall–Kier alpha value is -1.06. The highest BCUT2D eigenvalue weighted by Gasteiger charge is 2.10. The number of hydrogen-bond acceptors (Lipinski definition) is 3. The quantitative estimate of drug-likeness (QED) is 0.694. The normalized spacial score (nSPS) is 15.5. The van der Waals surface area contributed by atoms with E-state index in [1.807, 2.05) is 12.1 Å². The van der Waals surface area contributed by atoms with Crippen LogP contribution in [0.25, 0.3) is 0 Å². The Balaban J connectivity index is 2.22. The van der Waals surface area contributed by atoms with Crippen LogP contribution in [-0.4, -0.2) is 30.4 Å². The lowest BCUT2D eigenvalue weighted by molar-refractivity contribution is 0.103. The molecule has 0 aromatic heterocycles. The van der Waals surface area contributed by atoms with E-state index in [1.54, 1.807) is 0 Å². The Morgan fingerprint density at radius 2 is 1.81 bits per heavy atom. The van der Waals surface area contributed by atoms with Crippen LogP contribution in [-0.2, 0) is 6.42 Å². The van der Waals surface area contributed by atoms with Gasteiger partial charge in [0.05, 0.1) is 0 Å². The Morgan fingerprint density at radius 1 is 1.14 bits per heavy atom. The third-order valence-corrected chi connectivity index (χ3v) is 3.93. The molecule has 0 aliphatic rings. The van der Waals surface area contributed by atoms with Crippen molar-refractivity contribution in [3.63, 3.8) is 0 Å². The Bertz CT molecular complexity index is 377. The van der Waals surface area contributed by atoms with Crippen LogP contribution < -0.4 is 10.1 Å². The fourth-order valence-electron chi connectivity index (χ4n) is 2.26. The van der Waals surface area contributed by atoms with Crippen LogP contribution >= 0.6 is 0 Å². The monoisotopic (exact) mass is 293 g/mol. The fourth-order valence-corrected chi connectivity index (χ4v) is 2.26. The topological polar surface area (TPSA) is 41.5 Å². The lowest BCUT2D eigenvalue weighted by Gasteiger charge is -2.20. The molecule has 3 heteroatoms. The summed E-state index contributed by atoms with van der Waals surface area (Å²) in [4.78, 5) is 0. The van der Waals surface area contributed by atoms with Crippen molar-refractivity contribution in [2.75, 3.05) is 13.2 Å². The minimum Gasteiger partial charge on any atom is -0.491 e. The molecule has 3 nitrogen and oxygen atoms in total. The van der Waals surface area contributed by atoms with Gasteiger partial charge in [0.15, 0.2) is 0 Å². The summed E-state index contributed by atoms with van der Waals surface area (Å²) in [7, 11) is 0. The van der Waals surface area contributed by atoms with Crippen LogP contribution in [0.2, 0.25) is 0 Å². The number of hydrogen-bond donors (Lipinski definition) is 2. The number of ether oxygens (including phenoxy) is 1. The predicted molar refractivity (Wildman–Crippen MR) is 88.9 cm³/mol. The molecule has 0 amide bonds. The molecule has 0 radical (unpaired) electrons. The van der Waals surface area contributed by atoms with Crippen molar-refractivity contribution in [2.45, 2.75) is 59.1 Å². The highest BCUT2D eigenvalue weighted by molar-refractivity contribution is 5.27. The third kappa shape index (κ3) is 7.49. The fraction of sp³-hybridized carbons (Fsp3) is 0.667.